The summed E-state index contributed by atoms with van der Waals surface area (Å²) in [6.07, 6.45) is 14.0. The van der Waals surface area contributed by atoms with E-state index in [-0.39, 0.29) is 41.1 Å². The van der Waals surface area contributed by atoms with E-state index in [4.69, 9.17) is 0 Å². The number of hydrogen-bond donors (Lipinski definition) is 0. The molecule has 0 fully saturated rings. The van der Waals surface area contributed by atoms with Crippen molar-refractivity contribution in [3.63, 3.8) is 0 Å². The minimum absolute atomic E-state index is 0. The average Bonchev–Trinajstić information content (AvgIpc) is 3.15. The fourth-order valence-electron chi connectivity index (χ4n) is 2.86. The van der Waals surface area contributed by atoms with E-state index in [1.165, 1.54) is 34.1 Å². The third-order valence-electron chi connectivity index (χ3n) is 5.12. The van der Waals surface area contributed by atoms with Crippen molar-refractivity contribution in [1.82, 2.24) is 0 Å². The fraction of sp³-hybridized carbons (Fsp3) is 0.692. The van der Waals surface area contributed by atoms with Crippen LogP contribution in [0.2, 0.25) is 52.4 Å². The van der Waals surface area contributed by atoms with Crippen LogP contribution < -0.4 is 24.8 Å². The summed E-state index contributed by atoms with van der Waals surface area (Å²) in [5.41, 5.74) is 3.63. The molecule has 0 aliphatic heterocycles. The standard InChI is InChI=1S/2C12H21Si.C2H6Si.2ClH.Hf/c2*1-12(2,3)10-7-8-11(9-10)13(4,5)6;1-3-2;;;/h2*9H,8H2,1-6H3;1-2H3;2*1H;/q2*-1;;;;+2/p-2. The summed E-state index contributed by atoms with van der Waals surface area (Å²) in [5.74, 6) is 0. The first kappa shape index (κ1) is 37.6. The van der Waals surface area contributed by atoms with Gasteiger partial charge in [-0.1, -0.05) is 80.8 Å². The van der Waals surface area contributed by atoms with Crippen LogP contribution in [0.3, 0.4) is 0 Å². The van der Waals surface area contributed by atoms with Crippen molar-refractivity contribution in [1.29, 1.82) is 0 Å². The molecule has 0 aromatic heterocycles. The Morgan fingerprint density at radius 3 is 1.00 bits per heavy atom. The van der Waals surface area contributed by atoms with Crippen molar-refractivity contribution < 1.29 is 47.8 Å². The zero-order valence-corrected chi connectivity index (χ0v) is 31.4. The summed E-state index contributed by atoms with van der Waals surface area (Å²) in [5, 5.41) is 3.30. The molecule has 0 heterocycles. The Morgan fingerprint density at radius 1 is 0.688 bits per heavy atom. The second kappa shape index (κ2) is 14.6. The first-order valence-corrected chi connectivity index (χ1v) is 26.2. The summed E-state index contributed by atoms with van der Waals surface area (Å²) in [4.78, 5) is 0. The van der Waals surface area contributed by atoms with Gasteiger partial charge in [-0.3, -0.25) is 12.2 Å². The normalized spacial score (nSPS) is 16.0. The molecule has 0 spiro atoms. The van der Waals surface area contributed by atoms with Gasteiger partial charge in [0.1, 0.15) is 0 Å². The Balaban J connectivity index is -0.000000428. The summed E-state index contributed by atoms with van der Waals surface area (Å²) in [7, 11) is -2.13. The van der Waals surface area contributed by atoms with Crippen molar-refractivity contribution in [2.75, 3.05) is 0 Å². The van der Waals surface area contributed by atoms with Crippen LogP contribution in [0.4, 0.5) is 0 Å². The quantitative estimate of drug-likeness (QED) is 0.309. The second-order valence-corrected chi connectivity index (χ2v) is 35.9. The van der Waals surface area contributed by atoms with Crippen LogP contribution in [0.5, 0.6) is 0 Å². The van der Waals surface area contributed by atoms with Crippen LogP contribution >= 0.6 is 0 Å². The zero-order chi connectivity index (χ0) is 24.1. The SMILES string of the molecule is CC(C)(C)C1=[C-]CC([Si](C)(C)C)=C1.CC(C)(C)C1=[C-]CC([Si](C)(C)C)=C1.C[Si](C)=[Hf+2].[Cl-].[Cl-]. The molecule has 0 unspecified atom stereocenters. The molecular weight excluding hydrogens is 646 g/mol. The molecule has 0 amide bonds. The smallest absolute Gasteiger partial charge is 1.00 e. The average molecular weight is 694 g/mol. The van der Waals surface area contributed by atoms with Crippen LogP contribution in [0.15, 0.2) is 33.7 Å². The van der Waals surface area contributed by atoms with Gasteiger partial charge in [0.25, 0.3) is 0 Å². The largest absolute Gasteiger partial charge is 1.00 e. The monoisotopic (exact) mass is 694 g/mol. The van der Waals surface area contributed by atoms with Crippen LogP contribution in [0, 0.1) is 23.0 Å². The number of hydrogen-bond acceptors (Lipinski definition) is 0. The zero-order valence-electron chi connectivity index (χ0n) is 23.3. The van der Waals surface area contributed by atoms with E-state index in [2.05, 4.69) is 118 Å². The third kappa shape index (κ3) is 15.1. The predicted octanol–water partition coefficient (Wildman–Crippen LogP) is 2.73. The van der Waals surface area contributed by atoms with E-state index in [9.17, 15) is 0 Å². The number of halogens is 2. The molecule has 2 aliphatic carbocycles. The van der Waals surface area contributed by atoms with Crippen LogP contribution in [0.25, 0.3) is 0 Å². The van der Waals surface area contributed by atoms with Gasteiger partial charge in [-0.25, -0.2) is 23.3 Å². The third-order valence-corrected chi connectivity index (χ3v) is 9.61. The maximum atomic E-state index is 3.51. The first-order chi connectivity index (χ1) is 13.2. The van der Waals surface area contributed by atoms with Gasteiger partial charge in [-0.15, -0.1) is 12.8 Å². The molecule has 0 nitrogen and oxygen atoms in total. The molecule has 0 atom stereocenters. The second-order valence-electron chi connectivity index (χ2n) is 12.9. The maximum Gasteiger partial charge on any atom is -1.00 e. The van der Waals surface area contributed by atoms with E-state index in [0.717, 1.165) is 12.8 Å². The Labute approximate surface area is 231 Å². The van der Waals surface area contributed by atoms with Gasteiger partial charge < -0.3 is 24.8 Å². The van der Waals surface area contributed by atoms with Gasteiger partial charge in [-0.05, 0) is 10.8 Å². The van der Waals surface area contributed by atoms with Crippen molar-refractivity contribution in [2.24, 2.45) is 10.8 Å². The van der Waals surface area contributed by atoms with Crippen molar-refractivity contribution >= 4 is 21.6 Å². The Morgan fingerprint density at radius 2 is 0.906 bits per heavy atom. The van der Waals surface area contributed by atoms with Crippen molar-refractivity contribution in [2.45, 2.75) is 107 Å². The minimum atomic E-state index is -1.07. The molecule has 0 saturated heterocycles. The topological polar surface area (TPSA) is 0 Å². The molecule has 0 aromatic rings. The molecule has 2 rings (SSSR count). The van der Waals surface area contributed by atoms with Crippen molar-refractivity contribution in [3.05, 3.63) is 45.8 Å². The van der Waals surface area contributed by atoms with E-state index in [1.807, 2.05) is 0 Å². The van der Waals surface area contributed by atoms with Crippen molar-refractivity contribution in [3.8, 4) is 0 Å². The number of allylic oxidation sites excluding steroid dienone is 8. The van der Waals surface area contributed by atoms with Crippen LogP contribution in [0.1, 0.15) is 54.4 Å². The van der Waals surface area contributed by atoms with Gasteiger partial charge in [0, 0.05) is 0 Å². The summed E-state index contributed by atoms with van der Waals surface area (Å²) < 4.78 is 0. The Kier molecular flexibility index (Phi) is 17.1. The molecule has 0 radical (unpaired) electrons. The minimum Gasteiger partial charge on any atom is -1.00 e. The fourth-order valence-corrected chi connectivity index (χ4v) is 5.25. The Hall–Kier alpha value is 1.06. The number of rotatable bonds is 2. The predicted molar refractivity (Wildman–Crippen MR) is 142 cm³/mol. The molecule has 0 saturated carbocycles. The molecule has 2 aliphatic rings. The van der Waals surface area contributed by atoms with E-state index in [1.54, 1.807) is 10.4 Å². The molecule has 0 bridgehead atoms. The maximum absolute atomic E-state index is 3.51. The van der Waals surface area contributed by atoms with E-state index < -0.39 is 16.1 Å². The van der Waals surface area contributed by atoms with Crippen LogP contribution in [-0.2, 0) is 23.0 Å². The molecule has 184 valence electrons. The summed E-state index contributed by atoms with van der Waals surface area (Å²) in [6, 6.07) is 0. The summed E-state index contributed by atoms with van der Waals surface area (Å²) in [6.45, 7) is 32.7. The molecule has 0 N–H and O–H groups in total. The van der Waals surface area contributed by atoms with Gasteiger partial charge in [0.15, 0.2) is 0 Å². The molecule has 6 heteroatoms. The summed E-state index contributed by atoms with van der Waals surface area (Å²) >= 11 is 1.45. The molecule has 0 aromatic carbocycles. The molecular formula is C26H48Cl2HfSi3-2. The molecule has 32 heavy (non-hydrogen) atoms. The van der Waals surface area contributed by atoms with E-state index in [0.29, 0.717) is 0 Å². The Bertz CT molecular complexity index is 671. The van der Waals surface area contributed by atoms with E-state index >= 15 is 0 Å². The van der Waals surface area contributed by atoms with Gasteiger partial charge in [0.05, 0.1) is 16.1 Å². The van der Waals surface area contributed by atoms with Gasteiger partial charge in [0.2, 0.25) is 0 Å². The van der Waals surface area contributed by atoms with Gasteiger partial charge >= 0.3 is 41.6 Å². The first-order valence-electron chi connectivity index (χ1n) is 11.3. The van der Waals surface area contributed by atoms with Gasteiger partial charge in [-0.2, -0.15) is 10.4 Å². The van der Waals surface area contributed by atoms with Crippen LogP contribution in [-0.4, -0.2) is 21.6 Å².